The van der Waals surface area contributed by atoms with E-state index in [9.17, 15) is 8.42 Å². The van der Waals surface area contributed by atoms with Gasteiger partial charge in [-0.3, -0.25) is 4.55 Å². The predicted molar refractivity (Wildman–Crippen MR) is 83.2 cm³/mol. The van der Waals surface area contributed by atoms with Crippen LogP contribution in [0.25, 0.3) is 0 Å². The first kappa shape index (κ1) is 17.0. The molecule has 0 aromatic rings. The zero-order chi connectivity index (χ0) is 15.9. The van der Waals surface area contributed by atoms with Gasteiger partial charge in [-0.05, 0) is 55.3 Å². The van der Waals surface area contributed by atoms with Crippen molar-refractivity contribution in [3.8, 4) is 0 Å². The van der Waals surface area contributed by atoms with Crippen LogP contribution < -0.4 is 0 Å². The molecule has 0 amide bonds. The number of hydrogen-bond donors (Lipinski definition) is 1. The normalized spacial score (nSPS) is 36.0. The third kappa shape index (κ3) is 3.51. The molecule has 5 heteroatoms. The fraction of sp³-hybridized carbons (Fsp3) is 0.875. The molecule has 2 aliphatic rings. The third-order valence-corrected chi connectivity index (χ3v) is 6.40. The second-order valence-corrected chi connectivity index (χ2v) is 8.77. The highest BCUT2D eigenvalue weighted by atomic mass is 32.3. The van der Waals surface area contributed by atoms with Crippen molar-refractivity contribution in [2.75, 3.05) is 6.61 Å². The van der Waals surface area contributed by atoms with Gasteiger partial charge in [-0.15, -0.1) is 0 Å². The van der Waals surface area contributed by atoms with Gasteiger partial charge >= 0.3 is 10.4 Å². The Labute approximate surface area is 128 Å². The predicted octanol–water partition coefficient (Wildman–Crippen LogP) is 3.99. The maximum atomic E-state index is 10.7. The lowest BCUT2D eigenvalue weighted by Crippen LogP contribution is -2.48. The zero-order valence-corrected chi connectivity index (χ0v) is 14.4. The van der Waals surface area contributed by atoms with Gasteiger partial charge in [-0.1, -0.05) is 38.8 Å². The molecule has 0 radical (unpaired) electrons. The van der Waals surface area contributed by atoms with Crippen LogP contribution in [0.4, 0.5) is 0 Å². The maximum Gasteiger partial charge on any atom is 0.397 e. The summed E-state index contributed by atoms with van der Waals surface area (Å²) in [6.45, 7) is 9.26. The Hall–Kier alpha value is -0.390. The Kier molecular flexibility index (Phi) is 4.58. The summed E-state index contributed by atoms with van der Waals surface area (Å²) in [6.07, 6.45) is 7.74. The van der Waals surface area contributed by atoms with E-state index in [0.29, 0.717) is 23.7 Å². The SMILES string of the molecule is CC1=CC[C@H]2C(C)(C)CCC[C@]2(C)[C@H]1CCOS(=O)(=O)O. The van der Waals surface area contributed by atoms with Crippen LogP contribution in [0.15, 0.2) is 11.6 Å². The van der Waals surface area contributed by atoms with E-state index in [1.807, 2.05) is 0 Å². The Balaban J connectivity index is 2.18. The molecule has 0 bridgehead atoms. The molecule has 1 fully saturated rings. The topological polar surface area (TPSA) is 63.6 Å². The molecule has 0 unspecified atom stereocenters. The monoisotopic (exact) mass is 316 g/mol. The summed E-state index contributed by atoms with van der Waals surface area (Å²) in [5.41, 5.74) is 1.86. The summed E-state index contributed by atoms with van der Waals surface area (Å²) in [5, 5.41) is 0. The van der Waals surface area contributed by atoms with Gasteiger partial charge in [0, 0.05) is 0 Å². The Morgan fingerprint density at radius 3 is 2.62 bits per heavy atom. The average molecular weight is 316 g/mol. The minimum Gasteiger partial charge on any atom is -0.264 e. The second-order valence-electron chi connectivity index (χ2n) is 7.68. The molecule has 0 aromatic carbocycles. The van der Waals surface area contributed by atoms with Gasteiger partial charge in [0.2, 0.25) is 0 Å². The van der Waals surface area contributed by atoms with Gasteiger partial charge in [0.1, 0.15) is 0 Å². The van der Waals surface area contributed by atoms with Crippen LogP contribution in [0.5, 0.6) is 0 Å². The lowest BCUT2D eigenvalue weighted by atomic mass is 9.48. The van der Waals surface area contributed by atoms with Gasteiger partial charge in [0.05, 0.1) is 6.61 Å². The summed E-state index contributed by atoms with van der Waals surface area (Å²) in [5.74, 6) is 0.954. The number of hydrogen-bond acceptors (Lipinski definition) is 3. The molecular weight excluding hydrogens is 288 g/mol. The maximum absolute atomic E-state index is 10.7. The van der Waals surface area contributed by atoms with E-state index in [-0.39, 0.29) is 12.0 Å². The standard InChI is InChI=1S/C16H28O4S/c1-12-6-7-14-15(2,3)9-5-10-16(14,4)13(12)8-11-20-21(17,18)19/h6,13-14H,5,7-11H2,1-4H3,(H,17,18,19)/t13-,14-,16+/m0/s1. The number of allylic oxidation sites excluding steroid dienone is 2. The van der Waals surface area contributed by atoms with Crippen molar-refractivity contribution < 1.29 is 17.2 Å². The van der Waals surface area contributed by atoms with Crippen molar-refractivity contribution in [2.24, 2.45) is 22.7 Å². The minimum absolute atomic E-state index is 0.0530. The third-order valence-electron chi connectivity index (χ3n) is 5.94. The first-order valence-electron chi connectivity index (χ1n) is 7.85. The van der Waals surface area contributed by atoms with Crippen LogP contribution in [-0.4, -0.2) is 19.6 Å². The highest BCUT2D eigenvalue weighted by Crippen LogP contribution is 2.60. The summed E-state index contributed by atoms with van der Waals surface area (Å²) in [7, 11) is -4.33. The van der Waals surface area contributed by atoms with Gasteiger partial charge in [0.25, 0.3) is 0 Å². The first-order chi connectivity index (χ1) is 9.56. The van der Waals surface area contributed by atoms with Gasteiger partial charge < -0.3 is 0 Å². The van der Waals surface area contributed by atoms with Crippen LogP contribution in [0.1, 0.15) is 59.8 Å². The lowest BCUT2D eigenvalue weighted by Gasteiger charge is -2.57. The van der Waals surface area contributed by atoms with E-state index in [2.05, 4.69) is 38.0 Å². The highest BCUT2D eigenvalue weighted by molar-refractivity contribution is 7.80. The van der Waals surface area contributed by atoms with Gasteiger partial charge in [0.15, 0.2) is 0 Å². The summed E-state index contributed by atoms with van der Waals surface area (Å²) in [6, 6.07) is 0. The summed E-state index contributed by atoms with van der Waals surface area (Å²) < 4.78 is 34.8. The van der Waals surface area contributed by atoms with E-state index in [1.54, 1.807) is 0 Å². The van der Waals surface area contributed by atoms with Crippen molar-refractivity contribution in [1.82, 2.24) is 0 Å². The molecule has 1 N–H and O–H groups in total. The quantitative estimate of drug-likeness (QED) is 0.629. The van der Waals surface area contributed by atoms with E-state index < -0.39 is 10.4 Å². The van der Waals surface area contributed by atoms with Gasteiger partial charge in [-0.2, -0.15) is 8.42 Å². The number of rotatable bonds is 4. The summed E-state index contributed by atoms with van der Waals surface area (Å²) in [4.78, 5) is 0. The van der Waals surface area contributed by atoms with E-state index in [4.69, 9.17) is 4.55 Å². The highest BCUT2D eigenvalue weighted by Gasteiger charge is 2.51. The molecule has 3 atom stereocenters. The molecular formula is C16H28O4S. The largest absolute Gasteiger partial charge is 0.397 e. The second kappa shape index (κ2) is 5.67. The molecule has 2 rings (SSSR count). The molecule has 0 saturated heterocycles. The minimum atomic E-state index is -4.33. The molecule has 21 heavy (non-hydrogen) atoms. The molecule has 4 nitrogen and oxygen atoms in total. The molecule has 2 aliphatic carbocycles. The van der Waals surface area contributed by atoms with E-state index in [0.717, 1.165) is 6.42 Å². The lowest BCUT2D eigenvalue weighted by molar-refractivity contribution is -0.0419. The molecule has 1 saturated carbocycles. The Morgan fingerprint density at radius 1 is 1.33 bits per heavy atom. The zero-order valence-electron chi connectivity index (χ0n) is 13.6. The summed E-state index contributed by atoms with van der Waals surface area (Å²) >= 11 is 0. The molecule has 0 aromatic heterocycles. The molecule has 0 spiro atoms. The van der Waals surface area contributed by atoms with Crippen LogP contribution in [0.3, 0.4) is 0 Å². The Bertz CT molecular complexity index is 520. The van der Waals surface area contributed by atoms with Crippen LogP contribution in [0.2, 0.25) is 0 Å². The van der Waals surface area contributed by atoms with Crippen LogP contribution in [-0.2, 0) is 14.6 Å². The Morgan fingerprint density at radius 2 is 2.00 bits per heavy atom. The molecule has 122 valence electrons. The smallest absolute Gasteiger partial charge is 0.264 e. The van der Waals surface area contributed by atoms with Crippen molar-refractivity contribution in [3.05, 3.63) is 11.6 Å². The fourth-order valence-electron chi connectivity index (χ4n) is 4.97. The number of fused-ring (bicyclic) bond motifs is 1. The average Bonchev–Trinajstić information content (AvgIpc) is 2.30. The van der Waals surface area contributed by atoms with Crippen molar-refractivity contribution in [1.29, 1.82) is 0 Å². The van der Waals surface area contributed by atoms with Gasteiger partial charge in [-0.25, -0.2) is 4.18 Å². The van der Waals surface area contributed by atoms with Crippen molar-refractivity contribution in [2.45, 2.75) is 59.8 Å². The van der Waals surface area contributed by atoms with Crippen LogP contribution >= 0.6 is 0 Å². The molecule has 0 aliphatic heterocycles. The first-order valence-corrected chi connectivity index (χ1v) is 9.21. The molecule has 0 heterocycles. The van der Waals surface area contributed by atoms with E-state index in [1.165, 1.54) is 24.8 Å². The fourth-order valence-corrected chi connectivity index (χ4v) is 5.27. The van der Waals surface area contributed by atoms with Crippen molar-refractivity contribution >= 4 is 10.4 Å². The van der Waals surface area contributed by atoms with Crippen LogP contribution in [0, 0.1) is 22.7 Å². The van der Waals surface area contributed by atoms with E-state index >= 15 is 0 Å². The van der Waals surface area contributed by atoms with Crippen molar-refractivity contribution in [3.63, 3.8) is 0 Å².